The Balaban J connectivity index is 1.70. The second kappa shape index (κ2) is 10.3. The van der Waals surface area contributed by atoms with Gasteiger partial charge in [-0.3, -0.25) is 9.10 Å². The van der Waals surface area contributed by atoms with Gasteiger partial charge in [0.15, 0.2) is 0 Å². The number of halogens is 1. The number of anilines is 1. The van der Waals surface area contributed by atoms with E-state index in [1.807, 2.05) is 12.1 Å². The topological polar surface area (TPSA) is 88.1 Å². The summed E-state index contributed by atoms with van der Waals surface area (Å²) in [6, 6.07) is 20.5. The van der Waals surface area contributed by atoms with Gasteiger partial charge in [0.25, 0.3) is 5.91 Å². The van der Waals surface area contributed by atoms with Crippen molar-refractivity contribution in [3.63, 3.8) is 0 Å². The average Bonchev–Trinajstić information content (AvgIpc) is 2.78. The number of methoxy groups -OCH3 is 1. The first kappa shape index (κ1) is 23.3. The largest absolute Gasteiger partial charge is 0.497 e. The van der Waals surface area contributed by atoms with Gasteiger partial charge >= 0.3 is 0 Å². The number of rotatable bonds is 8. The van der Waals surface area contributed by atoms with Crippen LogP contribution in [-0.4, -0.2) is 33.9 Å². The van der Waals surface area contributed by atoms with Crippen molar-refractivity contribution in [2.24, 2.45) is 5.10 Å². The number of hydrazone groups is 1. The van der Waals surface area contributed by atoms with Crippen molar-refractivity contribution in [3.8, 4) is 5.75 Å². The predicted octanol–water partition coefficient (Wildman–Crippen LogP) is 4.08. The molecule has 0 fully saturated rings. The van der Waals surface area contributed by atoms with Gasteiger partial charge in [0, 0.05) is 10.6 Å². The lowest BCUT2D eigenvalue weighted by atomic mass is 10.2. The maximum absolute atomic E-state index is 12.4. The van der Waals surface area contributed by atoms with Gasteiger partial charge in [-0.1, -0.05) is 29.8 Å². The molecule has 0 aliphatic carbocycles. The van der Waals surface area contributed by atoms with Crippen LogP contribution in [-0.2, 0) is 16.6 Å². The first-order chi connectivity index (χ1) is 15.3. The summed E-state index contributed by atoms with van der Waals surface area (Å²) in [6.45, 7) is 0.0796. The monoisotopic (exact) mass is 471 g/mol. The summed E-state index contributed by atoms with van der Waals surface area (Å²) in [6.07, 6.45) is 2.64. The normalized spacial score (nSPS) is 11.3. The fourth-order valence-corrected chi connectivity index (χ4v) is 3.95. The zero-order chi connectivity index (χ0) is 23.1. The number of nitrogens with zero attached hydrogens (tertiary/aromatic N) is 2. The van der Waals surface area contributed by atoms with Gasteiger partial charge in [0.2, 0.25) is 10.0 Å². The lowest BCUT2D eigenvalue weighted by Crippen LogP contribution is -2.29. The standard InChI is InChI=1S/C23H22ClN3O4S/c1-31-21-13-7-17(8-14-21)15-25-26-23(28)18-9-11-20(12-10-18)27(32(2,29)30)16-19-5-3-4-6-22(19)24/h3-15H,16H2,1-2H3,(H,26,28)/b25-15-. The van der Waals surface area contributed by atoms with Crippen molar-refractivity contribution in [1.29, 1.82) is 0 Å². The van der Waals surface area contributed by atoms with Gasteiger partial charge in [-0.25, -0.2) is 13.8 Å². The van der Waals surface area contributed by atoms with Crippen molar-refractivity contribution >= 4 is 39.4 Å². The van der Waals surface area contributed by atoms with Gasteiger partial charge in [-0.05, 0) is 65.7 Å². The molecule has 0 saturated heterocycles. The second-order valence-corrected chi connectivity index (χ2v) is 9.19. The third-order valence-electron chi connectivity index (χ3n) is 4.59. The Hall–Kier alpha value is -3.36. The predicted molar refractivity (Wildman–Crippen MR) is 127 cm³/mol. The van der Waals surface area contributed by atoms with Gasteiger partial charge in [0.1, 0.15) is 5.75 Å². The molecule has 0 aliphatic rings. The number of hydrogen-bond donors (Lipinski definition) is 1. The van der Waals surface area contributed by atoms with Gasteiger partial charge in [-0.15, -0.1) is 0 Å². The van der Waals surface area contributed by atoms with Gasteiger partial charge in [-0.2, -0.15) is 5.10 Å². The van der Waals surface area contributed by atoms with Crippen molar-refractivity contribution in [2.75, 3.05) is 17.7 Å². The molecule has 32 heavy (non-hydrogen) atoms. The number of nitrogens with one attached hydrogen (secondary N) is 1. The quantitative estimate of drug-likeness (QED) is 0.396. The SMILES string of the molecule is COc1ccc(/C=N\NC(=O)c2ccc(N(Cc3ccccc3Cl)S(C)(=O)=O)cc2)cc1. The Morgan fingerprint density at radius 2 is 1.72 bits per heavy atom. The summed E-state index contributed by atoms with van der Waals surface area (Å²) < 4.78 is 31.0. The number of carbonyl (C=O) groups excluding carboxylic acids is 1. The van der Waals surface area contributed by atoms with Crippen LogP contribution in [0.3, 0.4) is 0 Å². The van der Waals surface area contributed by atoms with Crippen molar-refractivity contribution in [1.82, 2.24) is 5.43 Å². The highest BCUT2D eigenvalue weighted by Gasteiger charge is 2.19. The minimum atomic E-state index is -3.57. The van der Waals surface area contributed by atoms with E-state index in [-0.39, 0.29) is 6.54 Å². The van der Waals surface area contributed by atoms with Crippen LogP contribution < -0.4 is 14.5 Å². The molecule has 3 rings (SSSR count). The molecule has 0 aromatic heterocycles. The Labute approximate surface area is 192 Å². The van der Waals surface area contributed by atoms with E-state index in [1.165, 1.54) is 10.5 Å². The number of hydrogen-bond acceptors (Lipinski definition) is 5. The van der Waals surface area contributed by atoms with E-state index in [0.717, 1.165) is 17.6 Å². The van der Waals surface area contributed by atoms with Gasteiger partial charge in [0.05, 0.1) is 31.8 Å². The Bertz CT molecular complexity index is 1210. The molecule has 3 aromatic rings. The highest BCUT2D eigenvalue weighted by atomic mass is 35.5. The molecule has 0 atom stereocenters. The molecule has 0 spiro atoms. The molecule has 1 N–H and O–H groups in total. The third kappa shape index (κ3) is 6.09. The number of sulfonamides is 1. The first-order valence-corrected chi connectivity index (χ1v) is 11.8. The minimum Gasteiger partial charge on any atom is -0.497 e. The van der Waals surface area contributed by atoms with Gasteiger partial charge < -0.3 is 4.74 Å². The second-order valence-electron chi connectivity index (χ2n) is 6.88. The molecular formula is C23H22ClN3O4S. The lowest BCUT2D eigenvalue weighted by Gasteiger charge is -2.23. The molecule has 0 heterocycles. The van der Waals surface area contributed by atoms with E-state index in [1.54, 1.807) is 67.8 Å². The smallest absolute Gasteiger partial charge is 0.271 e. The molecule has 9 heteroatoms. The van der Waals surface area contributed by atoms with Crippen LogP contribution in [0.15, 0.2) is 77.9 Å². The zero-order valence-electron chi connectivity index (χ0n) is 17.5. The van der Waals surface area contributed by atoms with E-state index < -0.39 is 15.9 Å². The van der Waals surface area contributed by atoms with Crippen molar-refractivity contribution in [2.45, 2.75) is 6.54 Å². The Morgan fingerprint density at radius 1 is 1.06 bits per heavy atom. The van der Waals surface area contributed by atoms with Crippen LogP contribution in [0.25, 0.3) is 0 Å². The maximum Gasteiger partial charge on any atom is 0.271 e. The molecule has 166 valence electrons. The molecule has 1 amide bonds. The molecule has 3 aromatic carbocycles. The highest BCUT2D eigenvalue weighted by molar-refractivity contribution is 7.92. The van der Waals surface area contributed by atoms with Crippen LogP contribution in [0.1, 0.15) is 21.5 Å². The number of amides is 1. The van der Waals surface area contributed by atoms with E-state index >= 15 is 0 Å². The molecule has 0 bridgehead atoms. The summed E-state index contributed by atoms with van der Waals surface area (Å²) >= 11 is 6.19. The summed E-state index contributed by atoms with van der Waals surface area (Å²) in [5.41, 5.74) is 4.69. The van der Waals surface area contributed by atoms with E-state index in [2.05, 4.69) is 10.5 Å². The number of benzene rings is 3. The van der Waals surface area contributed by atoms with Crippen LogP contribution in [0, 0.1) is 0 Å². The summed E-state index contributed by atoms with van der Waals surface area (Å²) in [5.74, 6) is 0.308. The summed E-state index contributed by atoms with van der Waals surface area (Å²) in [5, 5.41) is 4.43. The number of ether oxygens (including phenoxy) is 1. The number of carbonyl (C=O) groups is 1. The lowest BCUT2D eigenvalue weighted by molar-refractivity contribution is 0.0955. The Kier molecular flexibility index (Phi) is 7.50. The van der Waals surface area contributed by atoms with Crippen LogP contribution >= 0.6 is 11.6 Å². The van der Waals surface area contributed by atoms with Crippen LogP contribution in [0.2, 0.25) is 5.02 Å². The fraction of sp³-hybridized carbons (Fsp3) is 0.130. The zero-order valence-corrected chi connectivity index (χ0v) is 19.1. The molecule has 7 nitrogen and oxygen atoms in total. The van der Waals surface area contributed by atoms with Crippen LogP contribution in [0.4, 0.5) is 5.69 Å². The van der Waals surface area contributed by atoms with E-state index in [9.17, 15) is 13.2 Å². The summed E-state index contributed by atoms with van der Waals surface area (Å²) in [7, 11) is -1.99. The summed E-state index contributed by atoms with van der Waals surface area (Å²) in [4.78, 5) is 12.4. The van der Waals surface area contributed by atoms with Crippen molar-refractivity contribution < 1.29 is 17.9 Å². The maximum atomic E-state index is 12.4. The average molecular weight is 472 g/mol. The van der Waals surface area contributed by atoms with E-state index in [4.69, 9.17) is 16.3 Å². The minimum absolute atomic E-state index is 0.0796. The van der Waals surface area contributed by atoms with Crippen LogP contribution in [0.5, 0.6) is 5.75 Å². The molecule has 0 unspecified atom stereocenters. The third-order valence-corrected chi connectivity index (χ3v) is 6.09. The molecule has 0 saturated carbocycles. The Morgan fingerprint density at radius 3 is 2.31 bits per heavy atom. The first-order valence-electron chi connectivity index (χ1n) is 9.56. The van der Waals surface area contributed by atoms with E-state index in [0.29, 0.717) is 21.8 Å². The molecular weight excluding hydrogens is 450 g/mol. The van der Waals surface area contributed by atoms with Crippen molar-refractivity contribution in [3.05, 3.63) is 94.5 Å². The highest BCUT2D eigenvalue weighted by Crippen LogP contribution is 2.24. The molecule has 0 aliphatic heterocycles. The fourth-order valence-electron chi connectivity index (χ4n) is 2.88. The molecule has 0 radical (unpaired) electrons.